The molecule has 0 aromatic heterocycles. The zero-order valence-electron chi connectivity index (χ0n) is 10.2. The maximum atomic E-state index is 11.7. The standard InChI is InChI=1S/C10H19N3O3/c1-9(2,3)16-8(15)13(4)10(5-6-10)7(14)12-11/h5-6,11H2,1-4H3,(H,12,14). The number of nitrogens with two attached hydrogens (primary N) is 1. The van der Waals surface area contributed by atoms with E-state index >= 15 is 0 Å². The molecule has 0 bridgehead atoms. The van der Waals surface area contributed by atoms with E-state index < -0.39 is 17.2 Å². The molecular formula is C10H19N3O3. The first-order valence-electron chi connectivity index (χ1n) is 5.21. The summed E-state index contributed by atoms with van der Waals surface area (Å²) in [4.78, 5) is 24.6. The molecule has 1 saturated carbocycles. The molecule has 1 aliphatic carbocycles. The summed E-state index contributed by atoms with van der Waals surface area (Å²) in [7, 11) is 1.55. The van der Waals surface area contributed by atoms with Crippen molar-refractivity contribution in [2.24, 2.45) is 5.84 Å². The molecule has 16 heavy (non-hydrogen) atoms. The van der Waals surface area contributed by atoms with Crippen LogP contribution in [0, 0.1) is 0 Å². The lowest BCUT2D eigenvalue weighted by molar-refractivity contribution is -0.127. The van der Waals surface area contributed by atoms with Crippen molar-refractivity contribution in [1.82, 2.24) is 10.3 Å². The lowest BCUT2D eigenvalue weighted by atomic mass is 10.2. The third-order valence-corrected chi connectivity index (χ3v) is 2.59. The minimum Gasteiger partial charge on any atom is -0.444 e. The van der Waals surface area contributed by atoms with E-state index in [2.05, 4.69) is 5.43 Å². The Morgan fingerprint density at radius 1 is 1.38 bits per heavy atom. The van der Waals surface area contributed by atoms with Crippen molar-refractivity contribution in [2.45, 2.75) is 44.8 Å². The normalized spacial score (nSPS) is 17.6. The molecule has 0 unspecified atom stereocenters. The highest BCUT2D eigenvalue weighted by atomic mass is 16.6. The van der Waals surface area contributed by atoms with Gasteiger partial charge in [-0.3, -0.25) is 15.1 Å². The molecule has 0 spiro atoms. The molecule has 0 aromatic rings. The first-order chi connectivity index (χ1) is 7.23. The first-order valence-corrected chi connectivity index (χ1v) is 5.21. The van der Waals surface area contributed by atoms with Gasteiger partial charge in [-0.25, -0.2) is 10.6 Å². The van der Waals surface area contributed by atoms with Gasteiger partial charge in [0.05, 0.1) is 0 Å². The van der Waals surface area contributed by atoms with Crippen LogP contribution in [0.25, 0.3) is 0 Å². The molecule has 1 aliphatic rings. The van der Waals surface area contributed by atoms with Crippen LogP contribution in [0.4, 0.5) is 4.79 Å². The Morgan fingerprint density at radius 2 is 1.88 bits per heavy atom. The lowest BCUT2D eigenvalue weighted by Crippen LogP contribution is -2.52. The van der Waals surface area contributed by atoms with Crippen molar-refractivity contribution in [3.63, 3.8) is 0 Å². The van der Waals surface area contributed by atoms with Gasteiger partial charge in [-0.05, 0) is 33.6 Å². The highest BCUT2D eigenvalue weighted by molar-refractivity contribution is 5.92. The molecule has 6 heteroatoms. The number of nitrogens with zero attached hydrogens (tertiary/aromatic N) is 1. The fraction of sp³-hybridized carbons (Fsp3) is 0.800. The van der Waals surface area contributed by atoms with E-state index in [9.17, 15) is 9.59 Å². The molecule has 0 atom stereocenters. The highest BCUT2D eigenvalue weighted by Gasteiger charge is 2.55. The van der Waals surface area contributed by atoms with Crippen molar-refractivity contribution in [2.75, 3.05) is 7.05 Å². The van der Waals surface area contributed by atoms with Gasteiger partial charge in [-0.15, -0.1) is 0 Å². The van der Waals surface area contributed by atoms with Gasteiger partial charge in [0, 0.05) is 7.05 Å². The van der Waals surface area contributed by atoms with E-state index in [0.29, 0.717) is 12.8 Å². The van der Waals surface area contributed by atoms with Gasteiger partial charge < -0.3 is 4.74 Å². The third kappa shape index (κ3) is 2.44. The topological polar surface area (TPSA) is 84.7 Å². The molecule has 2 amide bonds. The number of nitrogens with one attached hydrogen (secondary N) is 1. The highest BCUT2D eigenvalue weighted by Crippen LogP contribution is 2.41. The molecule has 0 aliphatic heterocycles. The second kappa shape index (κ2) is 3.93. The molecular weight excluding hydrogens is 210 g/mol. The van der Waals surface area contributed by atoms with Crippen LogP contribution < -0.4 is 11.3 Å². The van der Waals surface area contributed by atoms with Gasteiger partial charge >= 0.3 is 6.09 Å². The predicted molar refractivity (Wildman–Crippen MR) is 58.3 cm³/mol. The van der Waals surface area contributed by atoms with Crippen LogP contribution in [0.15, 0.2) is 0 Å². The smallest absolute Gasteiger partial charge is 0.410 e. The minimum atomic E-state index is -0.808. The molecule has 0 radical (unpaired) electrons. The number of carbonyl (C=O) groups is 2. The van der Waals surface area contributed by atoms with Crippen molar-refractivity contribution >= 4 is 12.0 Å². The van der Waals surface area contributed by atoms with E-state index in [0.717, 1.165) is 0 Å². The molecule has 0 aromatic carbocycles. The molecule has 0 saturated heterocycles. The monoisotopic (exact) mass is 229 g/mol. The minimum absolute atomic E-state index is 0.346. The predicted octanol–water partition coefficient (Wildman–Crippen LogP) is 0.376. The van der Waals surface area contributed by atoms with Gasteiger partial charge in [0.1, 0.15) is 11.1 Å². The Kier molecular flexibility index (Phi) is 3.14. The molecule has 1 fully saturated rings. The number of hydrogen-bond acceptors (Lipinski definition) is 4. The summed E-state index contributed by atoms with van der Waals surface area (Å²) in [5.41, 5.74) is 0.701. The zero-order valence-corrected chi connectivity index (χ0v) is 10.2. The van der Waals surface area contributed by atoms with Crippen molar-refractivity contribution in [3.05, 3.63) is 0 Å². The fourth-order valence-corrected chi connectivity index (χ4v) is 1.47. The summed E-state index contributed by atoms with van der Waals surface area (Å²) < 4.78 is 5.19. The summed E-state index contributed by atoms with van der Waals surface area (Å²) in [5, 5.41) is 0. The Balaban J connectivity index is 2.68. The molecule has 0 heterocycles. The number of amides is 2. The lowest BCUT2D eigenvalue weighted by Gasteiger charge is -2.29. The van der Waals surface area contributed by atoms with Crippen LogP contribution in [0.5, 0.6) is 0 Å². The van der Waals surface area contributed by atoms with Crippen molar-refractivity contribution in [3.8, 4) is 0 Å². The quantitative estimate of drug-likeness (QED) is 0.407. The number of hydrogen-bond donors (Lipinski definition) is 2. The number of rotatable bonds is 2. The maximum absolute atomic E-state index is 11.7. The summed E-state index contributed by atoms with van der Waals surface area (Å²) >= 11 is 0. The van der Waals surface area contributed by atoms with E-state index in [1.807, 2.05) is 0 Å². The average Bonchev–Trinajstić information content (AvgIpc) is 2.93. The summed E-state index contributed by atoms with van der Waals surface area (Å²) in [6, 6.07) is 0. The van der Waals surface area contributed by atoms with Gasteiger partial charge in [-0.1, -0.05) is 0 Å². The van der Waals surface area contributed by atoms with Crippen LogP contribution in [0.2, 0.25) is 0 Å². The second-order valence-corrected chi connectivity index (χ2v) is 5.04. The summed E-state index contributed by atoms with van der Waals surface area (Å²) in [5.74, 6) is 4.74. The Labute approximate surface area is 95.1 Å². The fourth-order valence-electron chi connectivity index (χ4n) is 1.47. The molecule has 92 valence electrons. The van der Waals surface area contributed by atoms with E-state index in [-0.39, 0.29) is 5.91 Å². The van der Waals surface area contributed by atoms with Gasteiger partial charge in [0.25, 0.3) is 5.91 Å². The molecule has 6 nitrogen and oxygen atoms in total. The van der Waals surface area contributed by atoms with Crippen LogP contribution in [-0.4, -0.2) is 35.1 Å². The average molecular weight is 229 g/mol. The number of hydrazine groups is 1. The van der Waals surface area contributed by atoms with Crippen molar-refractivity contribution < 1.29 is 14.3 Å². The van der Waals surface area contributed by atoms with Gasteiger partial charge in [0.2, 0.25) is 0 Å². The van der Waals surface area contributed by atoms with E-state index in [4.69, 9.17) is 10.6 Å². The van der Waals surface area contributed by atoms with Crippen LogP contribution in [0.1, 0.15) is 33.6 Å². The van der Waals surface area contributed by atoms with E-state index in [1.54, 1.807) is 27.8 Å². The van der Waals surface area contributed by atoms with Crippen LogP contribution >= 0.6 is 0 Å². The summed E-state index contributed by atoms with van der Waals surface area (Å²) in [6.45, 7) is 5.34. The SMILES string of the molecule is CN(C(=O)OC(C)(C)C)C1(C(=O)NN)CC1. The number of ether oxygens (including phenoxy) is 1. The Bertz CT molecular complexity index is 305. The maximum Gasteiger partial charge on any atom is 0.410 e. The second-order valence-electron chi connectivity index (χ2n) is 5.04. The first kappa shape index (κ1) is 12.8. The van der Waals surface area contributed by atoms with Crippen LogP contribution in [-0.2, 0) is 9.53 Å². The van der Waals surface area contributed by atoms with E-state index in [1.165, 1.54) is 4.90 Å². The van der Waals surface area contributed by atoms with Gasteiger partial charge in [-0.2, -0.15) is 0 Å². The molecule has 3 N–H and O–H groups in total. The van der Waals surface area contributed by atoms with Crippen LogP contribution in [0.3, 0.4) is 0 Å². The largest absolute Gasteiger partial charge is 0.444 e. The summed E-state index contributed by atoms with van der Waals surface area (Å²) in [6.07, 6.45) is 0.728. The third-order valence-electron chi connectivity index (χ3n) is 2.59. The number of carbonyl (C=O) groups excluding carboxylic acids is 2. The Hall–Kier alpha value is -1.30. The Morgan fingerprint density at radius 3 is 2.19 bits per heavy atom. The van der Waals surface area contributed by atoms with Gasteiger partial charge in [0.15, 0.2) is 0 Å². The number of likely N-dealkylation sites (N-methyl/N-ethyl adjacent to an activating group) is 1. The molecule has 1 rings (SSSR count). The zero-order chi connectivity index (χ0) is 12.6. The van der Waals surface area contributed by atoms with Crippen molar-refractivity contribution in [1.29, 1.82) is 0 Å².